The van der Waals surface area contributed by atoms with E-state index in [1.54, 1.807) is 0 Å². The molecule has 0 saturated carbocycles. The maximum atomic E-state index is 2.61. The molecule has 0 unspecified atom stereocenters. The standard InChI is InChI=1S/C66H45N3Si/c1-5-22-46(23-6-1)47-24-21-25-48(44-47)67-59-36-17-13-34-55(59)57-41-40-49(45-64(57)67)68-60-37-18-16-35-56(60)58-42-43-63(69-61-38-19-14-32-53(61)54-33-15-20-39-62(54)69)66(65(58)68)70(50-26-7-2-8-27-50,51-28-9-3-10-29-51)52-30-11-4-12-31-52/h1-45H. The summed E-state index contributed by atoms with van der Waals surface area (Å²) in [6, 6.07) is 102. The van der Waals surface area contributed by atoms with Gasteiger partial charge in [-0.05, 0) is 81.3 Å². The van der Waals surface area contributed by atoms with Crippen LogP contribution in [0, 0.1) is 0 Å². The molecule has 0 saturated heterocycles. The summed E-state index contributed by atoms with van der Waals surface area (Å²) < 4.78 is 7.64. The number of hydrogen-bond donors (Lipinski definition) is 0. The number of hydrogen-bond acceptors (Lipinski definition) is 0. The van der Waals surface area contributed by atoms with Crippen molar-refractivity contribution in [1.29, 1.82) is 0 Å². The highest BCUT2D eigenvalue weighted by molar-refractivity contribution is 7.21. The molecular weight excluding hydrogens is 863 g/mol. The van der Waals surface area contributed by atoms with E-state index in [4.69, 9.17) is 0 Å². The van der Waals surface area contributed by atoms with Gasteiger partial charge in [0.15, 0.2) is 8.07 Å². The van der Waals surface area contributed by atoms with Crippen LogP contribution in [0.2, 0.25) is 0 Å². The summed E-state index contributed by atoms with van der Waals surface area (Å²) in [4.78, 5) is 0. The lowest BCUT2D eigenvalue weighted by molar-refractivity contribution is 1.15. The Morgan fingerprint density at radius 2 is 0.643 bits per heavy atom. The first-order chi connectivity index (χ1) is 34.8. The fourth-order valence-corrected chi connectivity index (χ4v) is 17.0. The normalized spacial score (nSPS) is 12.0. The molecule has 0 spiro atoms. The van der Waals surface area contributed by atoms with Gasteiger partial charge in [0.2, 0.25) is 0 Å². The lowest BCUT2D eigenvalue weighted by Crippen LogP contribution is -2.75. The molecule has 0 aliphatic carbocycles. The fourth-order valence-electron chi connectivity index (χ4n) is 11.9. The Kier molecular flexibility index (Phi) is 9.23. The Bertz CT molecular complexity index is 4130. The third-order valence-electron chi connectivity index (χ3n) is 14.8. The van der Waals surface area contributed by atoms with Crippen LogP contribution in [0.4, 0.5) is 0 Å². The van der Waals surface area contributed by atoms with Gasteiger partial charge in [0, 0.05) is 54.6 Å². The molecule has 0 aliphatic heterocycles. The Balaban J connectivity index is 1.18. The van der Waals surface area contributed by atoms with Gasteiger partial charge in [-0.3, -0.25) is 0 Å². The van der Waals surface area contributed by atoms with E-state index in [0.29, 0.717) is 0 Å². The molecular formula is C66H45N3Si. The molecule has 70 heavy (non-hydrogen) atoms. The van der Waals surface area contributed by atoms with Gasteiger partial charge in [0.1, 0.15) is 0 Å². The van der Waals surface area contributed by atoms with Crippen molar-refractivity contribution in [3.63, 3.8) is 0 Å². The van der Waals surface area contributed by atoms with Crippen molar-refractivity contribution in [1.82, 2.24) is 13.7 Å². The molecule has 3 heterocycles. The monoisotopic (exact) mass is 907 g/mol. The first kappa shape index (κ1) is 40.1. The molecule has 3 nitrogen and oxygen atoms in total. The second-order valence-corrected chi connectivity index (χ2v) is 22.1. The molecule has 14 rings (SSSR count). The highest BCUT2D eigenvalue weighted by Gasteiger charge is 2.46. The maximum Gasteiger partial charge on any atom is 0.184 e. The number of benzene rings is 11. The third-order valence-corrected chi connectivity index (χ3v) is 19.6. The predicted molar refractivity (Wildman–Crippen MR) is 299 cm³/mol. The van der Waals surface area contributed by atoms with Crippen LogP contribution in [0.1, 0.15) is 0 Å². The number of rotatable bonds is 8. The average molecular weight is 908 g/mol. The van der Waals surface area contributed by atoms with Gasteiger partial charge in [0.25, 0.3) is 0 Å². The van der Waals surface area contributed by atoms with Gasteiger partial charge < -0.3 is 13.7 Å². The summed E-state index contributed by atoms with van der Waals surface area (Å²) >= 11 is 0. The molecule has 0 aliphatic rings. The van der Waals surface area contributed by atoms with Gasteiger partial charge in [-0.1, -0.05) is 218 Å². The van der Waals surface area contributed by atoms with Gasteiger partial charge in [-0.25, -0.2) is 0 Å². The van der Waals surface area contributed by atoms with Crippen molar-refractivity contribution >= 4 is 94.2 Å². The number of para-hydroxylation sites is 4. The van der Waals surface area contributed by atoms with Crippen LogP contribution >= 0.6 is 0 Å². The Morgan fingerprint density at radius 3 is 1.19 bits per heavy atom. The molecule has 4 heteroatoms. The summed E-state index contributed by atoms with van der Waals surface area (Å²) in [6.07, 6.45) is 0. The first-order valence-electron chi connectivity index (χ1n) is 24.2. The molecule has 0 amide bonds. The van der Waals surface area contributed by atoms with Crippen LogP contribution in [0.5, 0.6) is 0 Å². The van der Waals surface area contributed by atoms with Crippen LogP contribution < -0.4 is 20.7 Å². The molecule has 14 aromatic rings. The quantitative estimate of drug-likeness (QED) is 0.107. The lowest BCUT2D eigenvalue weighted by atomic mass is 10.1. The molecule has 0 atom stereocenters. The van der Waals surface area contributed by atoms with Gasteiger partial charge in [-0.15, -0.1) is 0 Å². The molecule has 328 valence electrons. The average Bonchev–Trinajstić information content (AvgIpc) is 4.08. The third kappa shape index (κ3) is 5.94. The summed E-state index contributed by atoms with van der Waals surface area (Å²) in [6.45, 7) is 0. The highest BCUT2D eigenvalue weighted by Crippen LogP contribution is 2.40. The number of nitrogens with zero attached hydrogens (tertiary/aromatic N) is 3. The zero-order valence-corrected chi connectivity index (χ0v) is 39.3. The summed E-state index contributed by atoms with van der Waals surface area (Å²) in [5, 5.41) is 12.7. The van der Waals surface area contributed by atoms with Crippen LogP contribution in [-0.2, 0) is 0 Å². The number of fused-ring (bicyclic) bond motifs is 9. The van der Waals surface area contributed by atoms with E-state index in [-0.39, 0.29) is 0 Å². The Hall–Kier alpha value is -8.96. The first-order valence-corrected chi connectivity index (χ1v) is 26.2. The van der Waals surface area contributed by atoms with E-state index in [1.807, 2.05) is 0 Å². The minimum atomic E-state index is -3.30. The largest absolute Gasteiger partial charge is 0.309 e. The SMILES string of the molecule is c1ccc(-c2cccc(-n3c4ccccc4c4ccc(-n5c6ccccc6c6ccc(-n7c8ccccc8c8ccccc87)c([Si](c7ccccc7)(c7ccccc7)c7ccccc7)c65)cc43)c2)cc1. The Morgan fingerprint density at radius 1 is 0.243 bits per heavy atom. The van der Waals surface area contributed by atoms with Crippen molar-refractivity contribution in [2.24, 2.45) is 0 Å². The van der Waals surface area contributed by atoms with E-state index in [0.717, 1.165) is 16.9 Å². The molecule has 0 radical (unpaired) electrons. The van der Waals surface area contributed by atoms with Crippen molar-refractivity contribution in [3.8, 4) is 28.2 Å². The van der Waals surface area contributed by atoms with E-state index >= 15 is 0 Å². The minimum absolute atomic E-state index is 1.11. The Labute approximate surface area is 407 Å². The second-order valence-electron chi connectivity index (χ2n) is 18.4. The second kappa shape index (κ2) is 16.1. The van der Waals surface area contributed by atoms with Crippen LogP contribution in [0.25, 0.3) is 93.6 Å². The zero-order valence-electron chi connectivity index (χ0n) is 38.3. The topological polar surface area (TPSA) is 14.8 Å². The van der Waals surface area contributed by atoms with Crippen LogP contribution in [0.3, 0.4) is 0 Å². The highest BCUT2D eigenvalue weighted by atomic mass is 28.3. The van der Waals surface area contributed by atoms with Crippen molar-refractivity contribution in [3.05, 3.63) is 273 Å². The van der Waals surface area contributed by atoms with E-state index in [1.165, 1.54) is 97.5 Å². The molecule has 0 fully saturated rings. The predicted octanol–water partition coefficient (Wildman–Crippen LogP) is 14.0. The van der Waals surface area contributed by atoms with Crippen molar-refractivity contribution in [2.45, 2.75) is 0 Å². The minimum Gasteiger partial charge on any atom is -0.309 e. The maximum absolute atomic E-state index is 3.30. The van der Waals surface area contributed by atoms with E-state index in [2.05, 4.69) is 287 Å². The number of aromatic nitrogens is 3. The molecule has 0 bridgehead atoms. The molecule has 0 N–H and O–H groups in total. The molecule has 11 aromatic carbocycles. The fraction of sp³-hybridized carbons (Fsp3) is 0. The van der Waals surface area contributed by atoms with E-state index in [9.17, 15) is 0 Å². The summed E-state index contributed by atoms with van der Waals surface area (Å²) in [5.41, 5.74) is 12.9. The van der Waals surface area contributed by atoms with E-state index < -0.39 is 8.07 Å². The van der Waals surface area contributed by atoms with Crippen molar-refractivity contribution in [2.75, 3.05) is 0 Å². The lowest BCUT2D eigenvalue weighted by Gasteiger charge is -2.37. The summed E-state index contributed by atoms with van der Waals surface area (Å²) in [5.74, 6) is 0. The zero-order chi connectivity index (χ0) is 46.2. The molecule has 3 aromatic heterocycles. The van der Waals surface area contributed by atoms with Crippen molar-refractivity contribution < 1.29 is 0 Å². The van der Waals surface area contributed by atoms with Crippen LogP contribution in [0.15, 0.2) is 273 Å². The van der Waals surface area contributed by atoms with Gasteiger partial charge in [-0.2, -0.15) is 0 Å². The van der Waals surface area contributed by atoms with Crippen LogP contribution in [-0.4, -0.2) is 21.8 Å². The van der Waals surface area contributed by atoms with Gasteiger partial charge in [0.05, 0.1) is 33.1 Å². The summed E-state index contributed by atoms with van der Waals surface area (Å²) in [7, 11) is -3.30. The smallest absolute Gasteiger partial charge is 0.184 e. The van der Waals surface area contributed by atoms with Gasteiger partial charge >= 0.3 is 0 Å².